The Balaban J connectivity index is 1.41. The Morgan fingerprint density at radius 2 is 2.03 bits per heavy atom. The molecule has 3 aliphatic rings. The van der Waals surface area contributed by atoms with Gasteiger partial charge in [-0.15, -0.1) is 13.2 Å². The SMILES string of the molecule is CNC12CCC1C(OCc1c(-c3ccccc3OC(F)(F)F)noc1C1CC1)C2. The van der Waals surface area contributed by atoms with Gasteiger partial charge in [0.1, 0.15) is 17.2 Å². The highest BCUT2D eigenvalue weighted by atomic mass is 19.4. The molecule has 0 bridgehead atoms. The lowest BCUT2D eigenvalue weighted by atomic mass is 9.51. The van der Waals surface area contributed by atoms with Gasteiger partial charge in [0, 0.05) is 28.5 Å². The number of hydrogen-bond donors (Lipinski definition) is 1. The second kappa shape index (κ2) is 6.74. The van der Waals surface area contributed by atoms with Crippen LogP contribution in [0.5, 0.6) is 5.75 Å². The lowest BCUT2D eigenvalue weighted by molar-refractivity contribution is -0.274. The van der Waals surface area contributed by atoms with Crippen molar-refractivity contribution in [1.82, 2.24) is 10.5 Å². The van der Waals surface area contributed by atoms with Crippen molar-refractivity contribution in [2.45, 2.75) is 62.6 Å². The molecule has 3 atom stereocenters. The van der Waals surface area contributed by atoms with Crippen molar-refractivity contribution in [3.8, 4) is 17.0 Å². The summed E-state index contributed by atoms with van der Waals surface area (Å²) in [7, 11) is 1.99. The average molecular weight is 408 g/mol. The van der Waals surface area contributed by atoms with Gasteiger partial charge in [-0.1, -0.05) is 17.3 Å². The summed E-state index contributed by atoms with van der Waals surface area (Å²) in [4.78, 5) is 0. The first-order chi connectivity index (χ1) is 13.9. The molecule has 3 fully saturated rings. The lowest BCUT2D eigenvalue weighted by Gasteiger charge is -2.62. The van der Waals surface area contributed by atoms with Gasteiger partial charge in [0.05, 0.1) is 12.7 Å². The average Bonchev–Trinajstić information content (AvgIpc) is 3.42. The molecule has 5 nitrogen and oxygen atoms in total. The van der Waals surface area contributed by atoms with Crippen LogP contribution in [0, 0.1) is 5.92 Å². The number of nitrogens with zero attached hydrogens (tertiary/aromatic N) is 1. The quantitative estimate of drug-likeness (QED) is 0.715. The molecular weight excluding hydrogens is 385 g/mol. The number of alkyl halides is 3. The predicted molar refractivity (Wildman–Crippen MR) is 98.3 cm³/mol. The first-order valence-corrected chi connectivity index (χ1v) is 10.0. The van der Waals surface area contributed by atoms with Gasteiger partial charge in [-0.25, -0.2) is 0 Å². The smallest absolute Gasteiger partial charge is 0.405 e. The molecule has 29 heavy (non-hydrogen) atoms. The van der Waals surface area contributed by atoms with Crippen LogP contribution in [0.3, 0.4) is 0 Å². The molecule has 0 amide bonds. The number of fused-ring (bicyclic) bond motifs is 1. The third-order valence-electron chi connectivity index (χ3n) is 6.70. The summed E-state index contributed by atoms with van der Waals surface area (Å²) in [5.41, 5.74) is 1.60. The number of hydrogen-bond acceptors (Lipinski definition) is 5. The van der Waals surface area contributed by atoms with Gasteiger partial charge >= 0.3 is 6.36 Å². The van der Waals surface area contributed by atoms with Crippen LogP contribution in [-0.2, 0) is 11.3 Å². The first kappa shape index (κ1) is 18.9. The fourth-order valence-corrected chi connectivity index (χ4v) is 4.79. The van der Waals surface area contributed by atoms with E-state index in [1.54, 1.807) is 12.1 Å². The first-order valence-electron chi connectivity index (χ1n) is 10.0. The van der Waals surface area contributed by atoms with E-state index in [0.29, 0.717) is 11.6 Å². The van der Waals surface area contributed by atoms with Crippen molar-refractivity contribution in [3.63, 3.8) is 0 Å². The maximum Gasteiger partial charge on any atom is 0.573 e. The van der Waals surface area contributed by atoms with Crippen LogP contribution >= 0.6 is 0 Å². The van der Waals surface area contributed by atoms with E-state index < -0.39 is 6.36 Å². The molecule has 2 aromatic rings. The summed E-state index contributed by atoms with van der Waals surface area (Å²) in [6.45, 7) is 0.284. The van der Waals surface area contributed by atoms with Crippen LogP contribution in [0.15, 0.2) is 28.8 Å². The van der Waals surface area contributed by atoms with E-state index in [4.69, 9.17) is 9.26 Å². The Morgan fingerprint density at radius 3 is 2.66 bits per heavy atom. The second-order valence-corrected chi connectivity index (χ2v) is 8.30. The van der Waals surface area contributed by atoms with E-state index in [9.17, 15) is 13.2 Å². The Kier molecular flexibility index (Phi) is 4.40. The van der Waals surface area contributed by atoms with Crippen molar-refractivity contribution in [1.29, 1.82) is 0 Å². The highest BCUT2D eigenvalue weighted by Crippen LogP contribution is 2.55. The van der Waals surface area contributed by atoms with E-state index in [2.05, 4.69) is 15.2 Å². The molecule has 156 valence electrons. The van der Waals surface area contributed by atoms with Crippen LogP contribution in [-0.4, -0.2) is 30.2 Å². The predicted octanol–water partition coefficient (Wildman–Crippen LogP) is 4.77. The van der Waals surface area contributed by atoms with Crippen LogP contribution < -0.4 is 10.1 Å². The van der Waals surface area contributed by atoms with Gasteiger partial charge in [0.25, 0.3) is 0 Å². The zero-order valence-corrected chi connectivity index (χ0v) is 16.1. The minimum atomic E-state index is -4.78. The van der Waals surface area contributed by atoms with E-state index in [1.807, 2.05) is 7.05 Å². The molecule has 3 saturated carbocycles. The Morgan fingerprint density at radius 1 is 1.24 bits per heavy atom. The summed E-state index contributed by atoms with van der Waals surface area (Å²) in [5.74, 6) is 1.22. The summed E-state index contributed by atoms with van der Waals surface area (Å²) in [5, 5.41) is 7.53. The van der Waals surface area contributed by atoms with E-state index in [-0.39, 0.29) is 35.5 Å². The fourth-order valence-electron chi connectivity index (χ4n) is 4.79. The summed E-state index contributed by atoms with van der Waals surface area (Å²) in [6.07, 6.45) is 0.646. The number of rotatable bonds is 7. The molecule has 0 spiro atoms. The van der Waals surface area contributed by atoms with Gasteiger partial charge in [-0.2, -0.15) is 0 Å². The Hall–Kier alpha value is -2.06. The number of ether oxygens (including phenoxy) is 2. The molecule has 3 unspecified atom stereocenters. The minimum Gasteiger partial charge on any atom is -0.405 e. The fraction of sp³-hybridized carbons (Fsp3) is 0.571. The summed E-state index contributed by atoms with van der Waals surface area (Å²) >= 11 is 0. The van der Waals surface area contributed by atoms with Crippen LogP contribution in [0.1, 0.15) is 49.3 Å². The van der Waals surface area contributed by atoms with Gasteiger partial charge in [-0.05, 0) is 51.3 Å². The third kappa shape index (κ3) is 3.32. The lowest BCUT2D eigenvalue weighted by Crippen LogP contribution is -2.71. The van der Waals surface area contributed by atoms with Crippen LogP contribution in [0.4, 0.5) is 13.2 Å². The number of aromatic nitrogens is 1. The maximum absolute atomic E-state index is 12.8. The van der Waals surface area contributed by atoms with Crippen molar-refractivity contribution < 1.29 is 27.2 Å². The van der Waals surface area contributed by atoms with E-state index in [1.165, 1.54) is 18.6 Å². The molecule has 3 aliphatic carbocycles. The van der Waals surface area contributed by atoms with Crippen LogP contribution in [0.2, 0.25) is 0 Å². The van der Waals surface area contributed by atoms with Crippen molar-refractivity contribution in [2.75, 3.05) is 7.05 Å². The van der Waals surface area contributed by atoms with Gasteiger partial charge in [0.15, 0.2) is 0 Å². The third-order valence-corrected chi connectivity index (χ3v) is 6.70. The molecule has 0 saturated heterocycles. The van der Waals surface area contributed by atoms with Gasteiger partial charge in [0.2, 0.25) is 0 Å². The molecule has 1 heterocycles. The molecule has 1 aromatic carbocycles. The standard InChI is InChI=1S/C21H23F3N2O3/c1-25-20-9-8-15(20)17(10-20)27-11-14-18(26-29-19(14)12-6-7-12)13-4-2-3-5-16(13)28-21(22,23)24/h2-5,12,15,17,25H,6-11H2,1H3. The molecule has 0 radical (unpaired) electrons. The van der Waals surface area contributed by atoms with Crippen LogP contribution in [0.25, 0.3) is 11.3 Å². The van der Waals surface area contributed by atoms with E-state index in [0.717, 1.165) is 37.0 Å². The minimum absolute atomic E-state index is 0.160. The molecule has 8 heteroatoms. The normalized spacial score (nSPS) is 28.4. The highest BCUT2D eigenvalue weighted by molar-refractivity contribution is 5.70. The Bertz CT molecular complexity index is 905. The topological polar surface area (TPSA) is 56.5 Å². The molecule has 5 rings (SSSR count). The molecule has 1 N–H and O–H groups in total. The van der Waals surface area contributed by atoms with Crippen molar-refractivity contribution >= 4 is 0 Å². The highest BCUT2D eigenvalue weighted by Gasteiger charge is 2.59. The summed E-state index contributed by atoms with van der Waals surface area (Å²) < 4.78 is 54.5. The van der Waals surface area contributed by atoms with E-state index >= 15 is 0 Å². The summed E-state index contributed by atoms with van der Waals surface area (Å²) in [6, 6.07) is 6.03. The largest absolute Gasteiger partial charge is 0.573 e. The zero-order chi connectivity index (χ0) is 20.2. The van der Waals surface area contributed by atoms with Gasteiger partial charge in [-0.3, -0.25) is 0 Å². The Labute approximate surface area is 166 Å². The molecular formula is C21H23F3N2O3. The molecule has 0 aliphatic heterocycles. The van der Waals surface area contributed by atoms with Gasteiger partial charge < -0.3 is 19.3 Å². The number of nitrogens with one attached hydrogen (secondary N) is 1. The zero-order valence-electron chi connectivity index (χ0n) is 16.1. The number of halogens is 3. The second-order valence-electron chi connectivity index (χ2n) is 8.30. The molecule has 1 aromatic heterocycles. The number of benzene rings is 1. The maximum atomic E-state index is 12.8. The number of para-hydroxylation sites is 1. The monoisotopic (exact) mass is 408 g/mol. The van der Waals surface area contributed by atoms with Crippen molar-refractivity contribution in [2.24, 2.45) is 5.92 Å². The van der Waals surface area contributed by atoms with Crippen molar-refractivity contribution in [3.05, 3.63) is 35.6 Å².